The smallest absolute Gasteiger partial charge is 0.179 e. The minimum Gasteiger partial charge on any atom is -0.383 e. The Hall–Kier alpha value is -0.950. The van der Waals surface area contributed by atoms with Gasteiger partial charge >= 0.3 is 0 Å². The van der Waals surface area contributed by atoms with Crippen molar-refractivity contribution in [2.75, 3.05) is 26.0 Å². The van der Waals surface area contributed by atoms with E-state index in [-0.39, 0.29) is 17.7 Å². The molecule has 1 aliphatic rings. The normalized spacial score (nSPS) is 21.0. The second-order valence-electron chi connectivity index (χ2n) is 6.52. The number of nitrogens with zero attached hydrogens (tertiary/aromatic N) is 1. The van der Waals surface area contributed by atoms with Gasteiger partial charge in [0.05, 0.1) is 17.3 Å². The van der Waals surface area contributed by atoms with Gasteiger partial charge in [0.1, 0.15) is 0 Å². The zero-order chi connectivity index (χ0) is 16.9. The fourth-order valence-electron chi connectivity index (χ4n) is 2.92. The molecule has 0 spiro atoms. The molecular weight excluding hydrogens is 312 g/mol. The maximum Gasteiger partial charge on any atom is 0.179 e. The number of methoxy groups -OCH3 is 1. The molecular formula is C17H28N2O3S. The van der Waals surface area contributed by atoms with E-state index in [2.05, 4.69) is 24.3 Å². The van der Waals surface area contributed by atoms with E-state index in [9.17, 15) is 8.42 Å². The molecule has 5 nitrogen and oxygen atoms in total. The molecule has 6 heteroatoms. The van der Waals surface area contributed by atoms with Gasteiger partial charge in [0.15, 0.2) is 9.84 Å². The maximum atomic E-state index is 12.6. The standard InChI is InChI=1S/C17H28N2O3S/c1-14(2)17(18-19-11-7-8-15(19)12-22-3)13-23(20,21)16-9-5-4-6-10-16/h4-6,9-10,14-15,17-18H,7-8,11-13H2,1-3H3/t15-,17-/m0/s1. The molecule has 1 aliphatic heterocycles. The molecule has 0 amide bonds. The average Bonchev–Trinajstić information content (AvgIpc) is 2.95. The molecule has 23 heavy (non-hydrogen) atoms. The van der Waals surface area contributed by atoms with Crippen LogP contribution in [0.1, 0.15) is 26.7 Å². The fourth-order valence-corrected chi connectivity index (χ4v) is 4.62. The predicted octanol–water partition coefficient (Wildman–Crippen LogP) is 2.10. The van der Waals surface area contributed by atoms with Crippen LogP contribution in [0.25, 0.3) is 0 Å². The number of ether oxygens (including phenoxy) is 1. The molecule has 1 aromatic rings. The SMILES string of the molecule is COC[C@@H]1CCCN1N[C@@H](CS(=O)(=O)c1ccccc1)C(C)C. The van der Waals surface area contributed by atoms with Crippen molar-refractivity contribution in [3.63, 3.8) is 0 Å². The summed E-state index contributed by atoms with van der Waals surface area (Å²) in [5.74, 6) is 0.322. The summed E-state index contributed by atoms with van der Waals surface area (Å²) < 4.78 is 30.6. The number of benzene rings is 1. The van der Waals surface area contributed by atoms with Gasteiger partial charge in [-0.3, -0.25) is 5.43 Å². The summed E-state index contributed by atoms with van der Waals surface area (Å²) in [6, 6.07) is 8.89. The molecule has 0 aliphatic carbocycles. The first-order valence-corrected chi connectivity index (χ1v) is 9.89. The summed E-state index contributed by atoms with van der Waals surface area (Å²) in [5, 5.41) is 2.16. The van der Waals surface area contributed by atoms with Crippen LogP contribution in [0.5, 0.6) is 0 Å². The first kappa shape index (κ1) is 18.4. The molecule has 0 bridgehead atoms. The van der Waals surface area contributed by atoms with Crippen molar-refractivity contribution in [3.8, 4) is 0 Å². The van der Waals surface area contributed by atoms with Crippen LogP contribution in [0.4, 0.5) is 0 Å². The van der Waals surface area contributed by atoms with Gasteiger partial charge < -0.3 is 4.74 Å². The van der Waals surface area contributed by atoms with Gasteiger partial charge in [0.25, 0.3) is 0 Å². The molecule has 1 N–H and O–H groups in total. The largest absolute Gasteiger partial charge is 0.383 e. The Morgan fingerprint density at radius 1 is 1.30 bits per heavy atom. The van der Waals surface area contributed by atoms with Crippen LogP contribution in [-0.2, 0) is 14.6 Å². The molecule has 1 heterocycles. The number of rotatable bonds is 8. The molecule has 130 valence electrons. The van der Waals surface area contributed by atoms with Crippen LogP contribution in [0.15, 0.2) is 35.2 Å². The van der Waals surface area contributed by atoms with E-state index in [0.717, 1.165) is 19.4 Å². The second kappa shape index (κ2) is 8.24. The molecule has 1 fully saturated rings. The maximum absolute atomic E-state index is 12.6. The quantitative estimate of drug-likeness (QED) is 0.785. The van der Waals surface area contributed by atoms with Crippen molar-refractivity contribution in [2.24, 2.45) is 5.92 Å². The van der Waals surface area contributed by atoms with E-state index >= 15 is 0 Å². The Morgan fingerprint density at radius 3 is 2.61 bits per heavy atom. The second-order valence-corrected chi connectivity index (χ2v) is 8.55. The molecule has 0 unspecified atom stereocenters. The van der Waals surface area contributed by atoms with E-state index in [1.165, 1.54) is 0 Å². The lowest BCUT2D eigenvalue weighted by Gasteiger charge is -2.32. The van der Waals surface area contributed by atoms with Crippen LogP contribution in [0.2, 0.25) is 0 Å². The monoisotopic (exact) mass is 340 g/mol. The highest BCUT2D eigenvalue weighted by Crippen LogP contribution is 2.19. The average molecular weight is 340 g/mol. The lowest BCUT2D eigenvalue weighted by Crippen LogP contribution is -2.52. The number of hydrazine groups is 1. The lowest BCUT2D eigenvalue weighted by molar-refractivity contribution is 0.0670. The van der Waals surface area contributed by atoms with E-state index in [0.29, 0.717) is 17.5 Å². The van der Waals surface area contributed by atoms with Crippen molar-refractivity contribution in [1.82, 2.24) is 10.4 Å². The molecule has 1 aromatic carbocycles. The van der Waals surface area contributed by atoms with Gasteiger partial charge in [-0.25, -0.2) is 13.4 Å². The van der Waals surface area contributed by atoms with Gasteiger partial charge in [-0.05, 0) is 30.9 Å². The van der Waals surface area contributed by atoms with Crippen LogP contribution in [0.3, 0.4) is 0 Å². The van der Waals surface area contributed by atoms with Crippen LogP contribution in [0, 0.1) is 5.92 Å². The van der Waals surface area contributed by atoms with E-state index < -0.39 is 9.84 Å². The van der Waals surface area contributed by atoms with Crippen molar-refractivity contribution in [3.05, 3.63) is 30.3 Å². The third kappa shape index (κ3) is 5.01. The van der Waals surface area contributed by atoms with Crippen molar-refractivity contribution < 1.29 is 13.2 Å². The van der Waals surface area contributed by atoms with Crippen molar-refractivity contribution in [1.29, 1.82) is 0 Å². The minimum atomic E-state index is -3.30. The Morgan fingerprint density at radius 2 is 2.00 bits per heavy atom. The summed E-state index contributed by atoms with van der Waals surface area (Å²) in [6.45, 7) is 5.71. The summed E-state index contributed by atoms with van der Waals surface area (Å²) >= 11 is 0. The Labute approximate surface area is 139 Å². The summed E-state index contributed by atoms with van der Waals surface area (Å²) in [4.78, 5) is 0.391. The number of sulfone groups is 1. The Bertz CT molecular complexity index is 575. The first-order valence-electron chi connectivity index (χ1n) is 8.23. The molecule has 2 rings (SSSR count). The van der Waals surface area contributed by atoms with Crippen molar-refractivity contribution in [2.45, 2.75) is 43.7 Å². The Kier molecular flexibility index (Phi) is 6.59. The predicted molar refractivity (Wildman–Crippen MR) is 91.9 cm³/mol. The highest BCUT2D eigenvalue weighted by atomic mass is 32.2. The van der Waals surface area contributed by atoms with Crippen LogP contribution >= 0.6 is 0 Å². The van der Waals surface area contributed by atoms with Gasteiger partial charge in [0.2, 0.25) is 0 Å². The fraction of sp³-hybridized carbons (Fsp3) is 0.647. The number of hydrogen-bond donors (Lipinski definition) is 1. The zero-order valence-electron chi connectivity index (χ0n) is 14.2. The molecule has 0 radical (unpaired) electrons. The lowest BCUT2D eigenvalue weighted by atomic mass is 10.1. The highest BCUT2D eigenvalue weighted by molar-refractivity contribution is 7.91. The van der Waals surface area contributed by atoms with Gasteiger partial charge in [-0.15, -0.1) is 0 Å². The molecule has 0 aromatic heterocycles. The number of nitrogens with one attached hydrogen (secondary N) is 1. The van der Waals surface area contributed by atoms with Crippen molar-refractivity contribution >= 4 is 9.84 Å². The van der Waals surface area contributed by atoms with Gasteiger partial charge in [-0.2, -0.15) is 0 Å². The topological polar surface area (TPSA) is 58.6 Å². The molecule has 1 saturated heterocycles. The molecule has 0 saturated carbocycles. The zero-order valence-corrected chi connectivity index (χ0v) is 15.1. The summed E-state index contributed by atoms with van der Waals surface area (Å²) in [6.07, 6.45) is 2.19. The molecule has 2 atom stereocenters. The van der Waals surface area contributed by atoms with E-state index in [1.807, 2.05) is 6.07 Å². The summed E-state index contributed by atoms with van der Waals surface area (Å²) in [7, 11) is -1.59. The highest BCUT2D eigenvalue weighted by Gasteiger charge is 2.30. The minimum absolute atomic E-state index is 0.102. The third-order valence-electron chi connectivity index (χ3n) is 4.37. The van der Waals surface area contributed by atoms with Gasteiger partial charge in [0, 0.05) is 25.7 Å². The Balaban J connectivity index is 2.07. The van der Waals surface area contributed by atoms with E-state index in [1.54, 1.807) is 31.4 Å². The first-order chi connectivity index (χ1) is 10.9. The third-order valence-corrected chi connectivity index (χ3v) is 6.16. The van der Waals surface area contributed by atoms with Crippen LogP contribution < -0.4 is 5.43 Å². The summed E-state index contributed by atoms with van der Waals surface area (Å²) in [5.41, 5.74) is 3.45. The van der Waals surface area contributed by atoms with Crippen LogP contribution in [-0.4, -0.2) is 51.5 Å². The number of hydrogen-bond acceptors (Lipinski definition) is 5. The van der Waals surface area contributed by atoms with E-state index in [4.69, 9.17) is 4.74 Å². The van der Waals surface area contributed by atoms with Gasteiger partial charge in [-0.1, -0.05) is 32.0 Å².